The summed E-state index contributed by atoms with van der Waals surface area (Å²) in [4.78, 5) is 5.02. The predicted molar refractivity (Wildman–Crippen MR) is 60.4 cm³/mol. The van der Waals surface area contributed by atoms with Gasteiger partial charge in [-0.3, -0.25) is 0 Å². The lowest BCUT2D eigenvalue weighted by molar-refractivity contribution is 0.631. The zero-order valence-electron chi connectivity index (χ0n) is 7.71. The third-order valence-corrected chi connectivity index (χ3v) is 3.28. The van der Waals surface area contributed by atoms with E-state index in [1.54, 1.807) is 18.3 Å². The maximum atomic E-state index is 13.6. The van der Waals surface area contributed by atoms with Gasteiger partial charge in [0.2, 0.25) is 0 Å². The first-order valence-corrected chi connectivity index (χ1v) is 5.51. The number of hydrogen-bond acceptors (Lipinski definition) is 3. The highest BCUT2D eigenvalue weighted by Gasteiger charge is 2.11. The van der Waals surface area contributed by atoms with Gasteiger partial charge < -0.3 is 5.73 Å². The molecular weight excluding hydrogens is 235 g/mol. The normalized spacial score (nSPS) is 10.6. The van der Waals surface area contributed by atoms with Crippen LogP contribution in [0.15, 0.2) is 24.4 Å². The van der Waals surface area contributed by atoms with Crippen LogP contribution in [0, 0.1) is 5.82 Å². The first kappa shape index (κ1) is 10.5. The number of halogens is 2. The number of benzene rings is 1. The van der Waals surface area contributed by atoms with Crippen LogP contribution in [0.1, 0.15) is 4.88 Å². The fourth-order valence-electron chi connectivity index (χ4n) is 1.20. The molecule has 2 aromatic rings. The Kier molecular flexibility index (Phi) is 3.00. The molecule has 1 aromatic carbocycles. The minimum absolute atomic E-state index is 0.108. The maximum absolute atomic E-state index is 13.6. The smallest absolute Gasteiger partial charge is 0.152 e. The summed E-state index contributed by atoms with van der Waals surface area (Å²) in [7, 11) is 0. The Morgan fingerprint density at radius 1 is 1.47 bits per heavy atom. The predicted octanol–water partition coefficient (Wildman–Crippen LogP) is 3.06. The van der Waals surface area contributed by atoms with Crippen molar-refractivity contribution in [1.82, 2.24) is 4.98 Å². The second-order valence-electron chi connectivity index (χ2n) is 2.94. The summed E-state index contributed by atoms with van der Waals surface area (Å²) in [6, 6.07) is 4.86. The van der Waals surface area contributed by atoms with E-state index in [-0.39, 0.29) is 5.02 Å². The van der Waals surface area contributed by atoms with E-state index in [0.717, 1.165) is 4.88 Å². The van der Waals surface area contributed by atoms with E-state index in [2.05, 4.69) is 4.98 Å². The molecule has 0 saturated carbocycles. The van der Waals surface area contributed by atoms with Crippen LogP contribution in [0.4, 0.5) is 4.39 Å². The molecule has 0 amide bonds. The highest BCUT2D eigenvalue weighted by atomic mass is 35.5. The molecular formula is C10H8ClFN2S. The molecule has 1 aromatic heterocycles. The third kappa shape index (κ3) is 2.02. The molecule has 0 radical (unpaired) electrons. The quantitative estimate of drug-likeness (QED) is 0.879. The van der Waals surface area contributed by atoms with Crippen LogP contribution in [-0.4, -0.2) is 4.98 Å². The van der Waals surface area contributed by atoms with Crippen molar-refractivity contribution in [1.29, 1.82) is 0 Å². The molecule has 5 heteroatoms. The van der Waals surface area contributed by atoms with E-state index in [1.807, 2.05) is 0 Å². The van der Waals surface area contributed by atoms with Crippen molar-refractivity contribution in [2.24, 2.45) is 5.73 Å². The summed E-state index contributed by atoms with van der Waals surface area (Å²) in [5, 5.41) is 0.715. The SMILES string of the molecule is NCc1cnc(-c2cccc(Cl)c2F)s1. The standard InChI is InChI=1S/C10H8ClFN2S/c11-8-3-1-2-7(9(8)12)10-14-5-6(4-13)15-10/h1-3,5H,4,13H2. The van der Waals surface area contributed by atoms with Crippen molar-refractivity contribution in [2.45, 2.75) is 6.54 Å². The highest BCUT2D eigenvalue weighted by Crippen LogP contribution is 2.30. The molecule has 0 bridgehead atoms. The fourth-order valence-corrected chi connectivity index (χ4v) is 2.18. The number of aromatic nitrogens is 1. The maximum Gasteiger partial charge on any atom is 0.152 e. The molecule has 0 fully saturated rings. The summed E-state index contributed by atoms with van der Waals surface area (Å²) in [5.41, 5.74) is 5.88. The molecule has 78 valence electrons. The first-order valence-electron chi connectivity index (χ1n) is 4.31. The topological polar surface area (TPSA) is 38.9 Å². The summed E-state index contributed by atoms with van der Waals surface area (Å²) in [5.74, 6) is -0.433. The third-order valence-electron chi connectivity index (χ3n) is 1.94. The van der Waals surface area contributed by atoms with Gasteiger partial charge in [-0.25, -0.2) is 9.37 Å². The van der Waals surface area contributed by atoms with Crippen LogP contribution in [0.2, 0.25) is 5.02 Å². The van der Waals surface area contributed by atoms with E-state index in [4.69, 9.17) is 17.3 Å². The van der Waals surface area contributed by atoms with Gasteiger partial charge in [0, 0.05) is 23.2 Å². The van der Waals surface area contributed by atoms with Gasteiger partial charge in [0.1, 0.15) is 5.01 Å². The Morgan fingerprint density at radius 2 is 2.27 bits per heavy atom. The molecule has 0 atom stereocenters. The summed E-state index contributed by atoms with van der Waals surface area (Å²) < 4.78 is 13.6. The van der Waals surface area contributed by atoms with E-state index in [1.165, 1.54) is 17.4 Å². The van der Waals surface area contributed by atoms with Crippen LogP contribution in [-0.2, 0) is 6.54 Å². The molecule has 2 rings (SSSR count). The van der Waals surface area contributed by atoms with Crippen molar-refractivity contribution in [3.05, 3.63) is 40.1 Å². The second-order valence-corrected chi connectivity index (χ2v) is 4.46. The van der Waals surface area contributed by atoms with Gasteiger partial charge in [0.15, 0.2) is 5.82 Å². The van der Waals surface area contributed by atoms with Crippen molar-refractivity contribution in [3.63, 3.8) is 0 Å². The van der Waals surface area contributed by atoms with Gasteiger partial charge in [0.25, 0.3) is 0 Å². The molecule has 1 heterocycles. The average Bonchev–Trinajstić information content (AvgIpc) is 2.70. The zero-order valence-corrected chi connectivity index (χ0v) is 9.28. The Balaban J connectivity index is 2.49. The molecule has 15 heavy (non-hydrogen) atoms. The minimum Gasteiger partial charge on any atom is -0.326 e. The molecule has 2 nitrogen and oxygen atoms in total. The molecule has 0 aliphatic carbocycles. The van der Waals surface area contributed by atoms with E-state index >= 15 is 0 Å². The number of hydrogen-bond donors (Lipinski definition) is 1. The monoisotopic (exact) mass is 242 g/mol. The lowest BCUT2D eigenvalue weighted by Crippen LogP contribution is -1.91. The van der Waals surface area contributed by atoms with E-state index in [9.17, 15) is 4.39 Å². The fraction of sp³-hybridized carbons (Fsp3) is 0.100. The molecule has 0 aliphatic heterocycles. The number of nitrogens with two attached hydrogens (primary N) is 1. The van der Waals surface area contributed by atoms with Gasteiger partial charge in [0.05, 0.1) is 5.02 Å². The van der Waals surface area contributed by atoms with Crippen molar-refractivity contribution < 1.29 is 4.39 Å². The van der Waals surface area contributed by atoms with Crippen molar-refractivity contribution in [3.8, 4) is 10.6 Å². The van der Waals surface area contributed by atoms with Gasteiger partial charge in [-0.15, -0.1) is 11.3 Å². The molecule has 2 N–H and O–H groups in total. The average molecular weight is 243 g/mol. The van der Waals surface area contributed by atoms with Crippen LogP contribution in [0.25, 0.3) is 10.6 Å². The van der Waals surface area contributed by atoms with Gasteiger partial charge in [-0.1, -0.05) is 17.7 Å². The highest BCUT2D eigenvalue weighted by molar-refractivity contribution is 7.15. The Morgan fingerprint density at radius 3 is 2.93 bits per heavy atom. The van der Waals surface area contributed by atoms with Crippen molar-refractivity contribution in [2.75, 3.05) is 0 Å². The summed E-state index contributed by atoms with van der Waals surface area (Å²) >= 11 is 7.06. The first-order chi connectivity index (χ1) is 7.22. The Bertz CT molecular complexity index is 484. The Hall–Kier alpha value is -0.970. The van der Waals surface area contributed by atoms with Crippen LogP contribution < -0.4 is 5.73 Å². The lowest BCUT2D eigenvalue weighted by Gasteiger charge is -1.99. The Labute approximate surface area is 95.5 Å². The molecule has 0 saturated heterocycles. The van der Waals surface area contributed by atoms with E-state index < -0.39 is 5.82 Å². The van der Waals surface area contributed by atoms with Gasteiger partial charge in [-0.05, 0) is 12.1 Å². The largest absolute Gasteiger partial charge is 0.326 e. The molecule has 0 aliphatic rings. The zero-order chi connectivity index (χ0) is 10.8. The summed E-state index contributed by atoms with van der Waals surface area (Å²) in [6.07, 6.45) is 1.65. The number of rotatable bonds is 2. The number of nitrogens with zero attached hydrogens (tertiary/aromatic N) is 1. The number of thiazole rings is 1. The summed E-state index contributed by atoms with van der Waals surface area (Å²) in [6.45, 7) is 0.417. The molecule has 0 spiro atoms. The van der Waals surface area contributed by atoms with E-state index in [0.29, 0.717) is 17.1 Å². The van der Waals surface area contributed by atoms with Gasteiger partial charge >= 0.3 is 0 Å². The lowest BCUT2D eigenvalue weighted by atomic mass is 10.2. The van der Waals surface area contributed by atoms with Gasteiger partial charge in [-0.2, -0.15) is 0 Å². The van der Waals surface area contributed by atoms with Crippen LogP contribution >= 0.6 is 22.9 Å². The minimum atomic E-state index is -0.433. The second kappa shape index (κ2) is 4.26. The van der Waals surface area contributed by atoms with Crippen LogP contribution in [0.3, 0.4) is 0 Å². The molecule has 0 unspecified atom stereocenters. The van der Waals surface area contributed by atoms with Crippen molar-refractivity contribution >= 4 is 22.9 Å². The van der Waals surface area contributed by atoms with Crippen LogP contribution in [0.5, 0.6) is 0 Å².